The smallest absolute Gasteiger partial charge is 0.257 e. The first kappa shape index (κ1) is 18.6. The summed E-state index contributed by atoms with van der Waals surface area (Å²) in [6.07, 6.45) is 0.418. The summed E-state index contributed by atoms with van der Waals surface area (Å²) in [5, 5.41) is 3.72. The molecule has 3 rings (SSSR count). The average molecular weight is 368 g/mol. The van der Waals surface area contributed by atoms with Gasteiger partial charge in [0.2, 0.25) is 0 Å². The third kappa shape index (κ3) is 4.73. The fraction of sp³-hybridized carbons (Fsp3) is 0.238. The second-order valence-corrected chi connectivity index (χ2v) is 6.51. The van der Waals surface area contributed by atoms with E-state index in [1.54, 1.807) is 0 Å². The minimum Gasteiger partial charge on any atom is -0.484 e. The molecule has 2 N–H and O–H groups in total. The third-order valence-electron chi connectivity index (χ3n) is 4.29. The van der Waals surface area contributed by atoms with Gasteiger partial charge in [0.1, 0.15) is 11.6 Å². The summed E-state index contributed by atoms with van der Waals surface area (Å²) in [6.45, 7) is 4.15. The number of nitrogens with one attached hydrogen (secondary N) is 2. The van der Waals surface area contributed by atoms with Crippen molar-refractivity contribution in [1.29, 1.82) is 0 Å². The van der Waals surface area contributed by atoms with Crippen molar-refractivity contribution in [2.45, 2.75) is 20.3 Å². The summed E-state index contributed by atoms with van der Waals surface area (Å²) in [6, 6.07) is 11.3. The summed E-state index contributed by atoms with van der Waals surface area (Å²) < 4.78 is 18.1. The van der Waals surface area contributed by atoms with Crippen LogP contribution < -0.4 is 15.6 Å². The van der Waals surface area contributed by atoms with Crippen LogP contribution in [0.4, 0.5) is 4.39 Å². The van der Waals surface area contributed by atoms with Gasteiger partial charge >= 0.3 is 0 Å². The first-order valence-electron chi connectivity index (χ1n) is 8.70. The molecule has 0 unspecified atom stereocenters. The standard InChI is InChI=1S/C21H21FN2O3/c1-13-9-14(2)18-11-15(21(26)24-19(18)10-13)7-8-23-20(25)12-27-17-5-3-16(22)4-6-17/h3-6,9-11H,7-8,12H2,1-2H3,(H,23,25)(H,24,26). The zero-order valence-electron chi connectivity index (χ0n) is 15.3. The van der Waals surface area contributed by atoms with Crippen molar-refractivity contribution < 1.29 is 13.9 Å². The molecule has 0 bridgehead atoms. The zero-order valence-corrected chi connectivity index (χ0v) is 15.3. The maximum atomic E-state index is 12.8. The van der Waals surface area contributed by atoms with E-state index in [0.29, 0.717) is 24.3 Å². The molecule has 6 heteroatoms. The van der Waals surface area contributed by atoms with E-state index < -0.39 is 0 Å². The van der Waals surface area contributed by atoms with Crippen molar-refractivity contribution in [2.24, 2.45) is 0 Å². The number of fused-ring (bicyclic) bond motifs is 1. The van der Waals surface area contributed by atoms with Gasteiger partial charge in [-0.15, -0.1) is 0 Å². The lowest BCUT2D eigenvalue weighted by atomic mass is 10.0. The monoisotopic (exact) mass is 368 g/mol. The van der Waals surface area contributed by atoms with E-state index in [9.17, 15) is 14.0 Å². The topological polar surface area (TPSA) is 71.2 Å². The lowest BCUT2D eigenvalue weighted by Crippen LogP contribution is -2.31. The maximum absolute atomic E-state index is 12.8. The van der Waals surface area contributed by atoms with E-state index in [1.807, 2.05) is 26.0 Å². The molecular formula is C21H21FN2O3. The number of pyridine rings is 1. The molecule has 0 spiro atoms. The number of ether oxygens (including phenoxy) is 1. The van der Waals surface area contributed by atoms with Gasteiger partial charge in [-0.05, 0) is 67.8 Å². The number of carbonyl (C=O) groups is 1. The van der Waals surface area contributed by atoms with E-state index in [0.717, 1.165) is 22.0 Å². The SMILES string of the molecule is Cc1cc(C)c2cc(CCNC(=O)COc3ccc(F)cc3)c(=O)[nH]c2c1. The number of aromatic nitrogens is 1. The minimum absolute atomic E-state index is 0.149. The average Bonchev–Trinajstić information content (AvgIpc) is 2.62. The van der Waals surface area contributed by atoms with Gasteiger partial charge in [-0.1, -0.05) is 6.07 Å². The third-order valence-corrected chi connectivity index (χ3v) is 4.29. The van der Waals surface area contributed by atoms with E-state index in [1.165, 1.54) is 24.3 Å². The maximum Gasteiger partial charge on any atom is 0.257 e. The molecule has 0 saturated heterocycles. The molecule has 140 valence electrons. The van der Waals surface area contributed by atoms with Gasteiger partial charge in [0.05, 0.1) is 0 Å². The van der Waals surface area contributed by atoms with Crippen molar-refractivity contribution in [3.63, 3.8) is 0 Å². The second kappa shape index (κ2) is 8.03. The van der Waals surface area contributed by atoms with Crippen molar-refractivity contribution >= 4 is 16.8 Å². The van der Waals surface area contributed by atoms with Crippen LogP contribution in [0.25, 0.3) is 10.9 Å². The Kier molecular flexibility index (Phi) is 5.54. The first-order chi connectivity index (χ1) is 12.9. The second-order valence-electron chi connectivity index (χ2n) is 6.51. The van der Waals surface area contributed by atoms with Crippen LogP contribution in [0, 0.1) is 19.7 Å². The Balaban J connectivity index is 1.56. The summed E-state index contributed by atoms with van der Waals surface area (Å²) in [7, 11) is 0. The fourth-order valence-electron chi connectivity index (χ4n) is 2.97. The number of hydrogen-bond acceptors (Lipinski definition) is 3. The van der Waals surface area contributed by atoms with Gasteiger partial charge in [-0.2, -0.15) is 0 Å². The van der Waals surface area contributed by atoms with Crippen LogP contribution in [-0.2, 0) is 11.2 Å². The molecule has 3 aromatic rings. The van der Waals surface area contributed by atoms with E-state index in [2.05, 4.69) is 16.4 Å². The highest BCUT2D eigenvalue weighted by molar-refractivity contribution is 5.83. The number of rotatable bonds is 6. The van der Waals surface area contributed by atoms with Crippen molar-refractivity contribution in [3.05, 3.63) is 75.3 Å². The number of aromatic amines is 1. The van der Waals surface area contributed by atoms with Gasteiger partial charge in [0.25, 0.3) is 11.5 Å². The number of benzene rings is 2. The van der Waals surface area contributed by atoms with E-state index >= 15 is 0 Å². The molecule has 0 aliphatic carbocycles. The molecule has 1 amide bonds. The Bertz CT molecular complexity index is 1030. The molecule has 0 radical (unpaired) electrons. The summed E-state index contributed by atoms with van der Waals surface area (Å²) in [5.41, 5.74) is 3.48. The number of aryl methyl sites for hydroxylation is 2. The van der Waals surface area contributed by atoms with Gasteiger partial charge in [0, 0.05) is 23.0 Å². The number of carbonyl (C=O) groups excluding carboxylic acids is 1. The Hall–Kier alpha value is -3.15. The first-order valence-corrected chi connectivity index (χ1v) is 8.70. The van der Waals surface area contributed by atoms with Gasteiger partial charge in [-0.3, -0.25) is 9.59 Å². The Morgan fingerprint density at radius 1 is 1.15 bits per heavy atom. The number of amides is 1. The number of H-pyrrole nitrogens is 1. The highest BCUT2D eigenvalue weighted by Gasteiger charge is 2.07. The van der Waals surface area contributed by atoms with Gasteiger partial charge in [0.15, 0.2) is 6.61 Å². The van der Waals surface area contributed by atoms with Crippen molar-refractivity contribution in [2.75, 3.05) is 13.2 Å². The summed E-state index contributed by atoms with van der Waals surface area (Å²) in [4.78, 5) is 27.0. The zero-order chi connectivity index (χ0) is 19.4. The van der Waals surface area contributed by atoms with Crippen LogP contribution in [-0.4, -0.2) is 24.0 Å². The summed E-state index contributed by atoms with van der Waals surface area (Å²) in [5.74, 6) is -0.246. The largest absolute Gasteiger partial charge is 0.484 e. The molecule has 5 nitrogen and oxygen atoms in total. The molecule has 0 atom stereocenters. The molecule has 1 heterocycles. The molecule has 0 saturated carbocycles. The molecule has 0 fully saturated rings. The molecule has 0 aliphatic heterocycles. The van der Waals surface area contributed by atoms with Crippen LogP contribution in [0.5, 0.6) is 5.75 Å². The van der Waals surface area contributed by atoms with Gasteiger partial charge in [-0.25, -0.2) is 4.39 Å². The predicted molar refractivity (Wildman–Crippen MR) is 103 cm³/mol. The van der Waals surface area contributed by atoms with Crippen LogP contribution >= 0.6 is 0 Å². The Morgan fingerprint density at radius 3 is 2.63 bits per heavy atom. The highest BCUT2D eigenvalue weighted by Crippen LogP contribution is 2.18. The lowest BCUT2D eigenvalue weighted by molar-refractivity contribution is -0.123. The lowest BCUT2D eigenvalue weighted by Gasteiger charge is -2.09. The minimum atomic E-state index is -0.363. The number of hydrogen-bond donors (Lipinski definition) is 2. The Labute approximate surface area is 156 Å². The summed E-state index contributed by atoms with van der Waals surface area (Å²) >= 11 is 0. The fourth-order valence-corrected chi connectivity index (χ4v) is 2.97. The number of halogens is 1. The molecule has 0 aliphatic rings. The Morgan fingerprint density at radius 2 is 1.89 bits per heavy atom. The van der Waals surface area contributed by atoms with Crippen LogP contribution in [0.1, 0.15) is 16.7 Å². The van der Waals surface area contributed by atoms with Crippen LogP contribution in [0.3, 0.4) is 0 Å². The predicted octanol–water partition coefficient (Wildman–Crippen LogP) is 3.02. The quantitative estimate of drug-likeness (QED) is 0.703. The molecular weight excluding hydrogens is 347 g/mol. The van der Waals surface area contributed by atoms with Gasteiger partial charge < -0.3 is 15.0 Å². The highest BCUT2D eigenvalue weighted by atomic mass is 19.1. The van der Waals surface area contributed by atoms with E-state index in [-0.39, 0.29) is 23.9 Å². The van der Waals surface area contributed by atoms with Crippen LogP contribution in [0.2, 0.25) is 0 Å². The van der Waals surface area contributed by atoms with Crippen molar-refractivity contribution in [1.82, 2.24) is 10.3 Å². The molecule has 1 aromatic heterocycles. The van der Waals surface area contributed by atoms with Crippen molar-refractivity contribution in [3.8, 4) is 5.75 Å². The van der Waals surface area contributed by atoms with E-state index in [4.69, 9.17) is 4.74 Å². The normalized spacial score (nSPS) is 10.8. The van der Waals surface area contributed by atoms with Crippen LogP contribution in [0.15, 0.2) is 47.3 Å². The molecule has 2 aromatic carbocycles. The molecule has 27 heavy (non-hydrogen) atoms.